The fraction of sp³-hybridized carbons (Fsp3) is 0.538. The minimum absolute atomic E-state index is 0.494. The number of hydrogen-bond donors (Lipinski definition) is 1. The van der Waals surface area contributed by atoms with Gasteiger partial charge in [0.25, 0.3) is 0 Å². The second-order valence-electron chi connectivity index (χ2n) is 4.51. The van der Waals surface area contributed by atoms with E-state index in [4.69, 9.17) is 0 Å². The van der Waals surface area contributed by atoms with E-state index in [-0.39, 0.29) is 0 Å². The highest BCUT2D eigenvalue weighted by atomic mass is 15.2. The summed E-state index contributed by atoms with van der Waals surface area (Å²) in [5, 5.41) is 3.51. The van der Waals surface area contributed by atoms with E-state index >= 15 is 0 Å². The third-order valence-electron chi connectivity index (χ3n) is 2.79. The second-order valence-corrected chi connectivity index (χ2v) is 4.51. The zero-order chi connectivity index (χ0) is 10.7. The number of hydrogen-bond acceptors (Lipinski definition) is 2. The molecule has 1 aromatic carbocycles. The van der Waals surface area contributed by atoms with Gasteiger partial charge in [0.05, 0.1) is 11.4 Å². The molecule has 0 amide bonds. The lowest BCUT2D eigenvalue weighted by atomic mass is 10.2. The molecule has 1 aliphatic rings. The van der Waals surface area contributed by atoms with Crippen LogP contribution in [0.3, 0.4) is 0 Å². The Balaban J connectivity index is 2.20. The largest absolute Gasteiger partial charge is 0.381 e. The minimum atomic E-state index is 0.494. The molecule has 2 rings (SSSR count). The third kappa shape index (κ3) is 2.44. The lowest BCUT2D eigenvalue weighted by Crippen LogP contribution is -2.20. The van der Waals surface area contributed by atoms with Crippen molar-refractivity contribution in [2.24, 2.45) is 0 Å². The molecule has 0 saturated carbocycles. The Kier molecular flexibility index (Phi) is 3.14. The van der Waals surface area contributed by atoms with Gasteiger partial charge < -0.3 is 10.2 Å². The van der Waals surface area contributed by atoms with E-state index in [9.17, 15) is 0 Å². The predicted octanol–water partition coefficient (Wildman–Crippen LogP) is 3.11. The van der Waals surface area contributed by atoms with Gasteiger partial charge in [0.15, 0.2) is 0 Å². The van der Waals surface area contributed by atoms with E-state index in [0.717, 1.165) is 0 Å². The highest BCUT2D eigenvalue weighted by Crippen LogP contribution is 2.28. The van der Waals surface area contributed by atoms with Crippen LogP contribution in [0.15, 0.2) is 24.3 Å². The van der Waals surface area contributed by atoms with Gasteiger partial charge in [-0.3, -0.25) is 0 Å². The van der Waals surface area contributed by atoms with Gasteiger partial charge >= 0.3 is 0 Å². The van der Waals surface area contributed by atoms with Crippen LogP contribution in [-0.4, -0.2) is 19.1 Å². The number of anilines is 2. The van der Waals surface area contributed by atoms with Gasteiger partial charge in [-0.05, 0) is 38.8 Å². The van der Waals surface area contributed by atoms with Gasteiger partial charge in [-0.1, -0.05) is 12.1 Å². The van der Waals surface area contributed by atoms with Crippen molar-refractivity contribution < 1.29 is 0 Å². The number of nitrogens with one attached hydrogen (secondary N) is 1. The monoisotopic (exact) mass is 204 g/mol. The van der Waals surface area contributed by atoms with Crippen LogP contribution in [0, 0.1) is 0 Å². The molecule has 15 heavy (non-hydrogen) atoms. The summed E-state index contributed by atoms with van der Waals surface area (Å²) < 4.78 is 0. The molecule has 1 saturated heterocycles. The molecule has 2 nitrogen and oxygen atoms in total. The number of para-hydroxylation sites is 2. The van der Waals surface area contributed by atoms with E-state index < -0.39 is 0 Å². The lowest BCUT2D eigenvalue weighted by molar-refractivity contribution is 0.892. The molecule has 1 N–H and O–H groups in total. The van der Waals surface area contributed by atoms with Crippen LogP contribution in [0.1, 0.15) is 26.7 Å². The first-order chi connectivity index (χ1) is 7.27. The summed E-state index contributed by atoms with van der Waals surface area (Å²) in [5.41, 5.74) is 2.64. The van der Waals surface area contributed by atoms with Crippen molar-refractivity contribution in [3.63, 3.8) is 0 Å². The van der Waals surface area contributed by atoms with Crippen LogP contribution in [0.2, 0.25) is 0 Å². The Bertz CT molecular complexity index is 314. The third-order valence-corrected chi connectivity index (χ3v) is 2.79. The molecule has 1 aromatic rings. The van der Waals surface area contributed by atoms with Gasteiger partial charge in [-0.2, -0.15) is 0 Å². The first-order valence-electron chi connectivity index (χ1n) is 5.88. The number of rotatable bonds is 3. The SMILES string of the molecule is CC(C)Nc1ccccc1N1CCCC1. The molecule has 0 aromatic heterocycles. The molecule has 0 spiro atoms. The summed E-state index contributed by atoms with van der Waals surface area (Å²) in [6.45, 7) is 6.77. The van der Waals surface area contributed by atoms with E-state index in [0.29, 0.717) is 6.04 Å². The predicted molar refractivity (Wildman–Crippen MR) is 66.6 cm³/mol. The standard InChI is InChI=1S/C13H20N2/c1-11(2)14-12-7-3-4-8-13(12)15-9-5-6-10-15/h3-4,7-8,11,14H,5-6,9-10H2,1-2H3. The summed E-state index contributed by atoms with van der Waals surface area (Å²) in [7, 11) is 0. The van der Waals surface area contributed by atoms with Crippen LogP contribution >= 0.6 is 0 Å². The van der Waals surface area contributed by atoms with Gasteiger partial charge in [0.1, 0.15) is 0 Å². The fourth-order valence-electron chi connectivity index (χ4n) is 2.14. The van der Waals surface area contributed by atoms with Crippen molar-refractivity contribution in [1.82, 2.24) is 0 Å². The van der Waals surface area contributed by atoms with Gasteiger partial charge in [0.2, 0.25) is 0 Å². The van der Waals surface area contributed by atoms with Crippen LogP contribution < -0.4 is 10.2 Å². The molecule has 2 heteroatoms. The molecule has 0 bridgehead atoms. The number of nitrogens with zero attached hydrogens (tertiary/aromatic N) is 1. The molecule has 0 unspecified atom stereocenters. The zero-order valence-corrected chi connectivity index (χ0v) is 9.66. The molecular weight excluding hydrogens is 184 g/mol. The molecule has 1 aliphatic heterocycles. The first kappa shape index (κ1) is 10.3. The van der Waals surface area contributed by atoms with Crippen LogP contribution in [0.25, 0.3) is 0 Å². The molecule has 0 radical (unpaired) electrons. The Hall–Kier alpha value is -1.18. The highest BCUT2D eigenvalue weighted by Gasteiger charge is 2.15. The summed E-state index contributed by atoms with van der Waals surface area (Å²) >= 11 is 0. The smallest absolute Gasteiger partial charge is 0.0602 e. The highest BCUT2D eigenvalue weighted by molar-refractivity contribution is 5.70. The van der Waals surface area contributed by atoms with Crippen molar-refractivity contribution >= 4 is 11.4 Å². The van der Waals surface area contributed by atoms with Crippen LogP contribution in [-0.2, 0) is 0 Å². The molecular formula is C13H20N2. The minimum Gasteiger partial charge on any atom is -0.381 e. The van der Waals surface area contributed by atoms with Crippen molar-refractivity contribution in [3.05, 3.63) is 24.3 Å². The van der Waals surface area contributed by atoms with E-state index in [1.165, 1.54) is 37.3 Å². The van der Waals surface area contributed by atoms with Crippen LogP contribution in [0.4, 0.5) is 11.4 Å². The summed E-state index contributed by atoms with van der Waals surface area (Å²) in [6, 6.07) is 9.11. The maximum atomic E-state index is 3.51. The molecule has 82 valence electrons. The van der Waals surface area contributed by atoms with Crippen molar-refractivity contribution in [1.29, 1.82) is 0 Å². The van der Waals surface area contributed by atoms with E-state index in [1.807, 2.05) is 0 Å². The average molecular weight is 204 g/mol. The lowest BCUT2D eigenvalue weighted by Gasteiger charge is -2.23. The Morgan fingerprint density at radius 2 is 1.80 bits per heavy atom. The second kappa shape index (κ2) is 4.56. The van der Waals surface area contributed by atoms with Gasteiger partial charge in [0, 0.05) is 19.1 Å². The molecule has 1 fully saturated rings. The molecule has 0 atom stereocenters. The maximum Gasteiger partial charge on any atom is 0.0602 e. The van der Waals surface area contributed by atoms with Gasteiger partial charge in [-0.15, -0.1) is 0 Å². The van der Waals surface area contributed by atoms with Crippen LogP contribution in [0.5, 0.6) is 0 Å². The van der Waals surface area contributed by atoms with Crippen molar-refractivity contribution in [2.45, 2.75) is 32.7 Å². The Labute approximate surface area is 92.3 Å². The molecule has 1 heterocycles. The van der Waals surface area contributed by atoms with E-state index in [1.54, 1.807) is 0 Å². The molecule has 0 aliphatic carbocycles. The topological polar surface area (TPSA) is 15.3 Å². The van der Waals surface area contributed by atoms with Gasteiger partial charge in [-0.25, -0.2) is 0 Å². The normalized spacial score (nSPS) is 16.1. The first-order valence-corrected chi connectivity index (χ1v) is 5.88. The number of benzene rings is 1. The van der Waals surface area contributed by atoms with Crippen molar-refractivity contribution in [3.8, 4) is 0 Å². The summed E-state index contributed by atoms with van der Waals surface area (Å²) in [4.78, 5) is 2.48. The van der Waals surface area contributed by atoms with Crippen molar-refractivity contribution in [2.75, 3.05) is 23.3 Å². The fourth-order valence-corrected chi connectivity index (χ4v) is 2.14. The zero-order valence-electron chi connectivity index (χ0n) is 9.66. The maximum absolute atomic E-state index is 3.51. The Morgan fingerprint density at radius 3 is 2.47 bits per heavy atom. The summed E-state index contributed by atoms with van der Waals surface area (Å²) in [6.07, 6.45) is 2.66. The quantitative estimate of drug-likeness (QED) is 0.814. The average Bonchev–Trinajstić information content (AvgIpc) is 2.70. The Morgan fingerprint density at radius 1 is 1.13 bits per heavy atom. The summed E-state index contributed by atoms with van der Waals surface area (Å²) in [5.74, 6) is 0. The van der Waals surface area contributed by atoms with E-state index in [2.05, 4.69) is 48.3 Å².